The maximum Gasteiger partial charge on any atom is 0.355 e. The second-order valence-electron chi connectivity index (χ2n) is 5.56. The summed E-state index contributed by atoms with van der Waals surface area (Å²) in [5.41, 5.74) is 2.23. The fourth-order valence-electron chi connectivity index (χ4n) is 2.64. The van der Waals surface area contributed by atoms with Crippen molar-refractivity contribution in [3.63, 3.8) is 0 Å². The van der Waals surface area contributed by atoms with Crippen LogP contribution in [0.4, 0.5) is 5.69 Å². The molecule has 3 rings (SSSR count). The molecule has 0 aliphatic carbocycles. The van der Waals surface area contributed by atoms with Gasteiger partial charge in [-0.25, -0.2) is 9.59 Å². The summed E-state index contributed by atoms with van der Waals surface area (Å²) in [6, 6.07) is 5.56. The van der Waals surface area contributed by atoms with Gasteiger partial charge < -0.3 is 14.4 Å². The molecule has 1 aliphatic rings. The van der Waals surface area contributed by atoms with Crippen LogP contribution in [0.25, 0.3) is 5.69 Å². The van der Waals surface area contributed by atoms with Gasteiger partial charge in [-0.2, -0.15) is 4.68 Å². The molecule has 0 amide bonds. The van der Waals surface area contributed by atoms with Crippen LogP contribution < -0.4 is 4.90 Å². The fourth-order valence-corrected chi connectivity index (χ4v) is 2.64. The van der Waals surface area contributed by atoms with Crippen molar-refractivity contribution < 1.29 is 19.1 Å². The van der Waals surface area contributed by atoms with E-state index in [2.05, 4.69) is 15.5 Å². The Labute approximate surface area is 155 Å². The van der Waals surface area contributed by atoms with Gasteiger partial charge in [-0.3, -0.25) is 0 Å². The van der Waals surface area contributed by atoms with E-state index in [1.807, 2.05) is 25.1 Å². The van der Waals surface area contributed by atoms with E-state index in [0.717, 1.165) is 5.56 Å². The molecular weight excluding hydrogens is 350 g/mol. The number of nitrogens with zero attached hydrogens (tertiary/aromatic N) is 5. The van der Waals surface area contributed by atoms with Crippen LogP contribution in [0, 0.1) is 6.92 Å². The van der Waals surface area contributed by atoms with Gasteiger partial charge in [-0.1, -0.05) is 12.1 Å². The zero-order valence-electron chi connectivity index (χ0n) is 15.0. The molecule has 0 saturated heterocycles. The Kier molecular flexibility index (Phi) is 5.11. The van der Waals surface area contributed by atoms with E-state index in [1.54, 1.807) is 23.3 Å². The van der Waals surface area contributed by atoms with Gasteiger partial charge in [-0.05, 0) is 47.2 Å². The monoisotopic (exact) mass is 367 g/mol. The Hall–Kier alpha value is -3.75. The molecule has 9 heteroatoms. The maximum absolute atomic E-state index is 12.6. The Morgan fingerprint density at radius 3 is 2.48 bits per heavy atom. The molecule has 2 aromatic rings. The van der Waals surface area contributed by atoms with Crippen LogP contribution >= 0.6 is 0 Å². The van der Waals surface area contributed by atoms with E-state index in [1.165, 1.54) is 31.3 Å². The van der Waals surface area contributed by atoms with Gasteiger partial charge in [0.25, 0.3) is 0 Å². The molecule has 2 heterocycles. The second kappa shape index (κ2) is 7.65. The van der Waals surface area contributed by atoms with Gasteiger partial charge >= 0.3 is 11.9 Å². The first-order valence-electron chi connectivity index (χ1n) is 7.96. The summed E-state index contributed by atoms with van der Waals surface area (Å²) in [6.07, 6.45) is 7.94. The summed E-state index contributed by atoms with van der Waals surface area (Å²) in [4.78, 5) is 26.4. The van der Waals surface area contributed by atoms with Crippen molar-refractivity contribution in [2.24, 2.45) is 0 Å². The number of esters is 2. The smallest absolute Gasteiger partial charge is 0.355 e. The SMILES string of the molecule is COC(=O)C1=C(C(=O)OC)N(c2cc(C)ccc2-n2cnnn2)C=CC=C1. The summed E-state index contributed by atoms with van der Waals surface area (Å²) in [5.74, 6) is -1.34. The number of tetrazole rings is 1. The first-order valence-corrected chi connectivity index (χ1v) is 7.96. The van der Waals surface area contributed by atoms with Gasteiger partial charge in [0.15, 0.2) is 0 Å². The molecule has 0 unspecified atom stereocenters. The zero-order valence-corrected chi connectivity index (χ0v) is 15.0. The van der Waals surface area contributed by atoms with Gasteiger partial charge in [0.2, 0.25) is 0 Å². The molecule has 0 N–H and O–H groups in total. The number of benzene rings is 1. The summed E-state index contributed by atoms with van der Waals surface area (Å²) in [7, 11) is 2.50. The van der Waals surface area contributed by atoms with Crippen LogP contribution in [0.2, 0.25) is 0 Å². The number of anilines is 1. The van der Waals surface area contributed by atoms with E-state index in [-0.39, 0.29) is 11.3 Å². The van der Waals surface area contributed by atoms with Crippen LogP contribution in [-0.2, 0) is 19.1 Å². The highest BCUT2D eigenvalue weighted by Gasteiger charge is 2.29. The Balaban J connectivity index is 2.27. The maximum atomic E-state index is 12.6. The summed E-state index contributed by atoms with van der Waals surface area (Å²) >= 11 is 0. The first kappa shape index (κ1) is 18.1. The Bertz CT molecular complexity index is 960. The average molecular weight is 367 g/mol. The predicted molar refractivity (Wildman–Crippen MR) is 95.7 cm³/mol. The first-order chi connectivity index (χ1) is 13.1. The van der Waals surface area contributed by atoms with Gasteiger partial charge in [0, 0.05) is 6.20 Å². The Morgan fingerprint density at radius 2 is 1.81 bits per heavy atom. The van der Waals surface area contributed by atoms with Crippen molar-refractivity contribution in [1.29, 1.82) is 0 Å². The highest BCUT2D eigenvalue weighted by Crippen LogP contribution is 2.31. The lowest BCUT2D eigenvalue weighted by molar-refractivity contribution is -0.139. The topological polar surface area (TPSA) is 99.4 Å². The van der Waals surface area contributed by atoms with Gasteiger partial charge in [-0.15, -0.1) is 5.10 Å². The number of hydrogen-bond acceptors (Lipinski definition) is 8. The lowest BCUT2D eigenvalue weighted by atomic mass is 10.1. The van der Waals surface area contributed by atoms with Crippen molar-refractivity contribution in [2.75, 3.05) is 19.1 Å². The minimum atomic E-state index is -0.684. The molecule has 1 aromatic carbocycles. The summed E-state index contributed by atoms with van der Waals surface area (Å²) in [6.45, 7) is 1.91. The van der Waals surface area contributed by atoms with Crippen molar-refractivity contribution in [2.45, 2.75) is 6.92 Å². The number of aryl methyl sites for hydroxylation is 1. The van der Waals surface area contributed by atoms with Crippen LogP contribution in [0.15, 0.2) is 60.2 Å². The molecule has 0 atom stereocenters. The van der Waals surface area contributed by atoms with E-state index in [0.29, 0.717) is 11.4 Å². The largest absolute Gasteiger partial charge is 0.465 e. The number of allylic oxidation sites excluding steroid dienone is 2. The molecule has 1 aliphatic heterocycles. The number of aromatic nitrogens is 4. The van der Waals surface area contributed by atoms with Gasteiger partial charge in [0.1, 0.15) is 12.0 Å². The predicted octanol–water partition coefficient (Wildman–Crippen LogP) is 1.46. The minimum absolute atomic E-state index is 0.0225. The highest BCUT2D eigenvalue weighted by atomic mass is 16.5. The van der Waals surface area contributed by atoms with Crippen LogP contribution in [0.5, 0.6) is 0 Å². The molecule has 0 bridgehead atoms. The van der Waals surface area contributed by atoms with Gasteiger partial charge in [0.05, 0.1) is 31.2 Å². The third-order valence-corrected chi connectivity index (χ3v) is 3.88. The third kappa shape index (κ3) is 3.47. The summed E-state index contributed by atoms with van der Waals surface area (Å²) < 4.78 is 11.2. The number of ether oxygens (including phenoxy) is 2. The number of carbonyl (C=O) groups excluding carboxylic acids is 2. The molecule has 1 aromatic heterocycles. The molecule has 27 heavy (non-hydrogen) atoms. The lowest BCUT2D eigenvalue weighted by Crippen LogP contribution is -2.28. The minimum Gasteiger partial charge on any atom is -0.465 e. The Morgan fingerprint density at radius 1 is 1.04 bits per heavy atom. The van der Waals surface area contributed by atoms with Crippen molar-refractivity contribution in [1.82, 2.24) is 20.2 Å². The standard InChI is InChI=1S/C18H17N5O4/c1-12-7-8-14(23-11-19-20-21-23)15(10-12)22-9-5-4-6-13(17(24)26-2)16(22)18(25)27-3/h4-11H,1-3H3. The lowest BCUT2D eigenvalue weighted by Gasteiger charge is -2.25. The average Bonchev–Trinajstić information content (AvgIpc) is 3.12. The number of rotatable bonds is 4. The van der Waals surface area contributed by atoms with Crippen molar-refractivity contribution in [3.05, 3.63) is 65.8 Å². The number of methoxy groups -OCH3 is 2. The molecule has 0 fully saturated rings. The zero-order chi connectivity index (χ0) is 19.4. The molecule has 9 nitrogen and oxygen atoms in total. The van der Waals surface area contributed by atoms with Crippen LogP contribution in [-0.4, -0.2) is 46.4 Å². The summed E-state index contributed by atoms with van der Waals surface area (Å²) in [5, 5.41) is 11.2. The van der Waals surface area contributed by atoms with Crippen molar-refractivity contribution >= 4 is 17.6 Å². The van der Waals surface area contributed by atoms with E-state index < -0.39 is 11.9 Å². The molecule has 0 radical (unpaired) electrons. The molecule has 0 spiro atoms. The van der Waals surface area contributed by atoms with E-state index in [9.17, 15) is 9.59 Å². The highest BCUT2D eigenvalue weighted by molar-refractivity contribution is 6.05. The molecule has 138 valence electrons. The number of hydrogen-bond donors (Lipinski definition) is 0. The van der Waals surface area contributed by atoms with Crippen LogP contribution in [0.3, 0.4) is 0 Å². The molecule has 0 saturated carbocycles. The van der Waals surface area contributed by atoms with Crippen LogP contribution in [0.1, 0.15) is 5.56 Å². The van der Waals surface area contributed by atoms with Crippen molar-refractivity contribution in [3.8, 4) is 5.69 Å². The normalized spacial score (nSPS) is 13.5. The number of carbonyl (C=O) groups is 2. The molecular formula is C18H17N5O4. The van der Waals surface area contributed by atoms with E-state index in [4.69, 9.17) is 9.47 Å². The fraction of sp³-hybridized carbons (Fsp3) is 0.167. The van der Waals surface area contributed by atoms with E-state index >= 15 is 0 Å². The second-order valence-corrected chi connectivity index (χ2v) is 5.56. The quantitative estimate of drug-likeness (QED) is 0.749. The third-order valence-electron chi connectivity index (χ3n) is 3.88.